The molecule has 25 heavy (non-hydrogen) atoms. The summed E-state index contributed by atoms with van der Waals surface area (Å²) in [6.07, 6.45) is 2.88. The van der Waals surface area contributed by atoms with E-state index < -0.39 is 6.10 Å². The van der Waals surface area contributed by atoms with Gasteiger partial charge in [0.15, 0.2) is 6.10 Å². The molecule has 0 bridgehead atoms. The number of nitrogens with one attached hydrogen (secondary N) is 1. The van der Waals surface area contributed by atoms with Gasteiger partial charge in [-0.15, -0.1) is 0 Å². The molecule has 0 aliphatic carbocycles. The summed E-state index contributed by atoms with van der Waals surface area (Å²) in [7, 11) is 0. The third-order valence-electron chi connectivity index (χ3n) is 3.52. The monoisotopic (exact) mass is 341 g/mol. The number of rotatable bonds is 7. The largest absolute Gasteiger partial charge is 0.481 e. The fourth-order valence-corrected chi connectivity index (χ4v) is 2.16. The number of ether oxygens (including phenoxy) is 1. The van der Waals surface area contributed by atoms with Gasteiger partial charge in [0.05, 0.1) is 18.3 Å². The van der Waals surface area contributed by atoms with E-state index in [0.717, 1.165) is 12.1 Å². The van der Waals surface area contributed by atoms with E-state index >= 15 is 0 Å². The van der Waals surface area contributed by atoms with Gasteiger partial charge in [-0.1, -0.05) is 23.4 Å². The van der Waals surface area contributed by atoms with Gasteiger partial charge in [-0.3, -0.25) is 9.48 Å². The Morgan fingerprint density at radius 2 is 2.16 bits per heavy atom. The number of carbonyl (C=O) groups excluding carboxylic acids is 1. The smallest absolute Gasteiger partial charge is 0.261 e. The molecular formula is C17H19N5O3. The molecule has 3 aromatic rings. The van der Waals surface area contributed by atoms with Crippen molar-refractivity contribution in [3.05, 3.63) is 48.6 Å². The Labute approximate surface area is 144 Å². The van der Waals surface area contributed by atoms with E-state index in [9.17, 15) is 4.79 Å². The minimum atomic E-state index is -0.632. The summed E-state index contributed by atoms with van der Waals surface area (Å²) in [6.45, 7) is 4.57. The lowest BCUT2D eigenvalue weighted by Crippen LogP contribution is -2.35. The third kappa shape index (κ3) is 4.23. The van der Waals surface area contributed by atoms with E-state index in [4.69, 9.17) is 9.26 Å². The van der Waals surface area contributed by atoms with Gasteiger partial charge < -0.3 is 14.6 Å². The number of carbonyl (C=O) groups is 1. The molecule has 8 heteroatoms. The van der Waals surface area contributed by atoms with Crippen molar-refractivity contribution in [3.8, 4) is 17.1 Å². The number of aryl methyl sites for hydroxylation is 1. The highest BCUT2D eigenvalue weighted by Gasteiger charge is 2.16. The quantitative estimate of drug-likeness (QED) is 0.706. The Morgan fingerprint density at radius 1 is 1.36 bits per heavy atom. The SMILES string of the molecule is CCn1cc(-c2noc(CNC(=O)[C@H](C)Oc3ccccc3)n2)cn1. The third-order valence-corrected chi connectivity index (χ3v) is 3.52. The second-order valence-corrected chi connectivity index (χ2v) is 5.39. The first-order valence-corrected chi connectivity index (χ1v) is 8.00. The zero-order chi connectivity index (χ0) is 17.6. The first-order chi connectivity index (χ1) is 12.2. The molecule has 0 radical (unpaired) electrons. The lowest BCUT2D eigenvalue weighted by molar-refractivity contribution is -0.127. The molecule has 0 aliphatic rings. The van der Waals surface area contributed by atoms with E-state index in [2.05, 4.69) is 20.6 Å². The minimum Gasteiger partial charge on any atom is -0.481 e. The van der Waals surface area contributed by atoms with Crippen LogP contribution in [0.1, 0.15) is 19.7 Å². The molecule has 1 atom stereocenters. The average molecular weight is 341 g/mol. The van der Waals surface area contributed by atoms with Gasteiger partial charge in [-0.05, 0) is 26.0 Å². The van der Waals surface area contributed by atoms with E-state index in [1.165, 1.54) is 0 Å². The van der Waals surface area contributed by atoms with Crippen LogP contribution in [0.2, 0.25) is 0 Å². The molecule has 0 unspecified atom stereocenters. The molecule has 8 nitrogen and oxygen atoms in total. The Morgan fingerprint density at radius 3 is 2.88 bits per heavy atom. The molecule has 1 amide bonds. The van der Waals surface area contributed by atoms with Crippen molar-refractivity contribution in [2.45, 2.75) is 33.0 Å². The summed E-state index contributed by atoms with van der Waals surface area (Å²) in [4.78, 5) is 16.4. The van der Waals surface area contributed by atoms with Crippen molar-refractivity contribution < 1.29 is 14.1 Å². The second kappa shape index (κ2) is 7.61. The summed E-state index contributed by atoms with van der Waals surface area (Å²) in [5.41, 5.74) is 0.768. The van der Waals surface area contributed by atoms with E-state index in [1.807, 2.05) is 31.3 Å². The van der Waals surface area contributed by atoms with Crippen molar-refractivity contribution in [2.24, 2.45) is 0 Å². The van der Waals surface area contributed by atoms with Gasteiger partial charge in [-0.25, -0.2) is 0 Å². The van der Waals surface area contributed by atoms with Crippen LogP contribution in [-0.4, -0.2) is 31.9 Å². The standard InChI is InChI=1S/C17H19N5O3/c1-3-22-11-13(9-19-22)16-20-15(25-21-16)10-18-17(23)12(2)24-14-7-5-4-6-8-14/h4-9,11-12H,3,10H2,1-2H3,(H,18,23)/t12-/m0/s1. The van der Waals surface area contributed by atoms with Crippen LogP contribution in [0.3, 0.4) is 0 Å². The lowest BCUT2D eigenvalue weighted by Gasteiger charge is -2.13. The predicted molar refractivity (Wildman–Crippen MR) is 89.6 cm³/mol. The van der Waals surface area contributed by atoms with Crippen LogP contribution in [0.15, 0.2) is 47.2 Å². The number of amides is 1. The van der Waals surface area contributed by atoms with Crippen molar-refractivity contribution in [1.82, 2.24) is 25.2 Å². The molecule has 2 aromatic heterocycles. The molecule has 0 saturated carbocycles. The number of para-hydroxylation sites is 1. The van der Waals surface area contributed by atoms with Crippen LogP contribution in [-0.2, 0) is 17.9 Å². The molecule has 0 saturated heterocycles. The molecule has 2 heterocycles. The highest BCUT2D eigenvalue weighted by Crippen LogP contribution is 2.14. The summed E-state index contributed by atoms with van der Waals surface area (Å²) in [5.74, 6) is 1.14. The van der Waals surface area contributed by atoms with Gasteiger partial charge in [-0.2, -0.15) is 10.1 Å². The van der Waals surface area contributed by atoms with E-state index in [0.29, 0.717) is 17.5 Å². The number of hydrogen-bond donors (Lipinski definition) is 1. The Kier molecular flexibility index (Phi) is 5.08. The molecule has 3 rings (SSSR count). The lowest BCUT2D eigenvalue weighted by atomic mass is 10.3. The second-order valence-electron chi connectivity index (χ2n) is 5.39. The van der Waals surface area contributed by atoms with Gasteiger partial charge in [0, 0.05) is 12.7 Å². The highest BCUT2D eigenvalue weighted by molar-refractivity contribution is 5.80. The Balaban J connectivity index is 1.54. The fraction of sp³-hybridized carbons (Fsp3) is 0.294. The van der Waals surface area contributed by atoms with Crippen LogP contribution in [0.4, 0.5) is 0 Å². The zero-order valence-electron chi connectivity index (χ0n) is 14.0. The van der Waals surface area contributed by atoms with Gasteiger partial charge in [0.25, 0.3) is 5.91 Å². The average Bonchev–Trinajstić information content (AvgIpc) is 3.29. The van der Waals surface area contributed by atoms with Crippen molar-refractivity contribution in [3.63, 3.8) is 0 Å². The van der Waals surface area contributed by atoms with E-state index in [1.54, 1.807) is 29.9 Å². The summed E-state index contributed by atoms with van der Waals surface area (Å²) >= 11 is 0. The summed E-state index contributed by atoms with van der Waals surface area (Å²) < 4.78 is 12.5. The topological polar surface area (TPSA) is 95.1 Å². The normalized spacial score (nSPS) is 11.9. The number of aromatic nitrogens is 4. The maximum Gasteiger partial charge on any atom is 0.261 e. The van der Waals surface area contributed by atoms with E-state index in [-0.39, 0.29) is 12.5 Å². The van der Waals surface area contributed by atoms with Gasteiger partial charge >= 0.3 is 0 Å². The Bertz CT molecular complexity index is 828. The van der Waals surface area contributed by atoms with Crippen molar-refractivity contribution >= 4 is 5.91 Å². The molecule has 1 N–H and O–H groups in total. The molecule has 130 valence electrons. The molecule has 0 aliphatic heterocycles. The Hall–Kier alpha value is -3.16. The van der Waals surface area contributed by atoms with Crippen LogP contribution in [0, 0.1) is 0 Å². The fourth-order valence-electron chi connectivity index (χ4n) is 2.16. The molecule has 0 fully saturated rings. The van der Waals surface area contributed by atoms with Crippen LogP contribution in [0.25, 0.3) is 11.4 Å². The van der Waals surface area contributed by atoms with Crippen molar-refractivity contribution in [1.29, 1.82) is 0 Å². The number of hydrogen-bond acceptors (Lipinski definition) is 6. The van der Waals surface area contributed by atoms with Gasteiger partial charge in [0.1, 0.15) is 5.75 Å². The number of benzene rings is 1. The van der Waals surface area contributed by atoms with Crippen LogP contribution >= 0.6 is 0 Å². The first kappa shape index (κ1) is 16.7. The maximum absolute atomic E-state index is 12.1. The van der Waals surface area contributed by atoms with Crippen molar-refractivity contribution in [2.75, 3.05) is 0 Å². The molecular weight excluding hydrogens is 322 g/mol. The van der Waals surface area contributed by atoms with Crippen LogP contribution in [0.5, 0.6) is 5.75 Å². The minimum absolute atomic E-state index is 0.135. The van der Waals surface area contributed by atoms with Gasteiger partial charge in [0.2, 0.25) is 11.7 Å². The zero-order valence-corrected chi connectivity index (χ0v) is 14.0. The highest BCUT2D eigenvalue weighted by atomic mass is 16.5. The maximum atomic E-state index is 12.1. The predicted octanol–water partition coefficient (Wildman–Crippen LogP) is 2.04. The number of nitrogens with zero attached hydrogens (tertiary/aromatic N) is 4. The summed E-state index contributed by atoms with van der Waals surface area (Å²) in [5, 5.41) is 10.8. The van der Waals surface area contributed by atoms with Crippen LogP contribution < -0.4 is 10.1 Å². The first-order valence-electron chi connectivity index (χ1n) is 8.00. The summed E-state index contributed by atoms with van der Waals surface area (Å²) in [6, 6.07) is 9.17. The molecule has 0 spiro atoms. The molecule has 1 aromatic carbocycles.